The number of rotatable bonds is 5. The molecule has 0 aliphatic rings. The summed E-state index contributed by atoms with van der Waals surface area (Å²) in [5.74, 6) is -1.46. The van der Waals surface area contributed by atoms with Gasteiger partial charge in [-0.1, -0.05) is 0 Å². The minimum Gasteiger partial charge on any atom is -0.393 e. The second kappa shape index (κ2) is 6.24. The first kappa shape index (κ1) is 15.0. The summed E-state index contributed by atoms with van der Waals surface area (Å²) in [7, 11) is 0. The second-order valence-corrected chi connectivity index (χ2v) is 4.41. The Balaban J connectivity index is 2.85. The first-order valence-corrected chi connectivity index (χ1v) is 5.73. The Morgan fingerprint density at radius 1 is 1.47 bits per heavy atom. The first-order chi connectivity index (χ1) is 8.79. The van der Waals surface area contributed by atoms with Gasteiger partial charge in [0.1, 0.15) is 5.82 Å². The number of nitro benzene ring substituents is 1. The predicted molar refractivity (Wildman–Crippen MR) is 66.3 cm³/mol. The molecule has 0 saturated carbocycles. The molecule has 0 aliphatic carbocycles. The average molecular weight is 270 g/mol. The Hall–Kier alpha value is -2.02. The standard InChI is InChI=1S/C12H15FN2O4/c1-7(3-8(2)16)14-12(17)9-4-10(13)6-11(5-9)15(18)19/h4-8,16H,3H2,1-2H3,(H,14,17). The van der Waals surface area contributed by atoms with Gasteiger partial charge in [-0.2, -0.15) is 0 Å². The molecule has 1 aromatic carbocycles. The number of non-ortho nitro benzene ring substituents is 1. The van der Waals surface area contributed by atoms with Gasteiger partial charge in [0.05, 0.1) is 17.1 Å². The van der Waals surface area contributed by atoms with Crippen molar-refractivity contribution in [3.63, 3.8) is 0 Å². The quantitative estimate of drug-likeness (QED) is 0.628. The molecule has 19 heavy (non-hydrogen) atoms. The van der Waals surface area contributed by atoms with Gasteiger partial charge in [0.15, 0.2) is 0 Å². The maximum absolute atomic E-state index is 13.2. The van der Waals surface area contributed by atoms with E-state index < -0.39 is 28.4 Å². The molecule has 0 spiro atoms. The molecule has 0 aliphatic heterocycles. The molecule has 1 rings (SSSR count). The molecule has 6 nitrogen and oxygen atoms in total. The minimum absolute atomic E-state index is 0.121. The van der Waals surface area contributed by atoms with Gasteiger partial charge in [0, 0.05) is 17.7 Å². The Morgan fingerprint density at radius 3 is 2.63 bits per heavy atom. The van der Waals surface area contributed by atoms with Crippen LogP contribution in [0.15, 0.2) is 18.2 Å². The van der Waals surface area contributed by atoms with Crippen molar-refractivity contribution in [1.29, 1.82) is 0 Å². The fraction of sp³-hybridized carbons (Fsp3) is 0.417. The fourth-order valence-electron chi connectivity index (χ4n) is 1.69. The molecule has 0 heterocycles. The molecule has 7 heteroatoms. The molecule has 104 valence electrons. The molecule has 0 bridgehead atoms. The van der Waals surface area contributed by atoms with E-state index in [1.807, 2.05) is 0 Å². The number of aliphatic hydroxyl groups excluding tert-OH is 1. The molecular weight excluding hydrogens is 255 g/mol. The maximum atomic E-state index is 13.2. The van der Waals surface area contributed by atoms with Crippen LogP contribution in [0.1, 0.15) is 30.6 Å². The lowest BCUT2D eigenvalue weighted by Crippen LogP contribution is -2.34. The van der Waals surface area contributed by atoms with Gasteiger partial charge in [0.25, 0.3) is 11.6 Å². The maximum Gasteiger partial charge on any atom is 0.273 e. The SMILES string of the molecule is CC(O)CC(C)NC(=O)c1cc(F)cc([N+](=O)[O-])c1. The van der Waals surface area contributed by atoms with Crippen LogP contribution in [-0.4, -0.2) is 28.1 Å². The number of amides is 1. The van der Waals surface area contributed by atoms with Gasteiger partial charge < -0.3 is 10.4 Å². The number of carbonyl (C=O) groups is 1. The predicted octanol–water partition coefficient (Wildman–Crippen LogP) is 1.62. The normalized spacial score (nSPS) is 13.7. The zero-order valence-corrected chi connectivity index (χ0v) is 10.6. The highest BCUT2D eigenvalue weighted by Gasteiger charge is 2.16. The number of nitrogens with zero attached hydrogens (tertiary/aromatic N) is 1. The molecule has 0 aromatic heterocycles. The van der Waals surface area contributed by atoms with Gasteiger partial charge >= 0.3 is 0 Å². The van der Waals surface area contributed by atoms with Crippen molar-refractivity contribution in [2.24, 2.45) is 0 Å². The van der Waals surface area contributed by atoms with Crippen LogP contribution in [0.4, 0.5) is 10.1 Å². The third-order valence-electron chi connectivity index (χ3n) is 2.43. The van der Waals surface area contributed by atoms with Crippen molar-refractivity contribution < 1.29 is 19.2 Å². The molecule has 2 unspecified atom stereocenters. The van der Waals surface area contributed by atoms with Gasteiger partial charge in [-0.25, -0.2) is 4.39 Å². The molecule has 2 atom stereocenters. The monoisotopic (exact) mass is 270 g/mol. The van der Waals surface area contributed by atoms with Crippen LogP contribution in [-0.2, 0) is 0 Å². The lowest BCUT2D eigenvalue weighted by molar-refractivity contribution is -0.385. The van der Waals surface area contributed by atoms with E-state index in [4.69, 9.17) is 5.11 Å². The van der Waals surface area contributed by atoms with Crippen molar-refractivity contribution in [2.45, 2.75) is 32.4 Å². The molecule has 0 saturated heterocycles. The number of benzene rings is 1. The van der Waals surface area contributed by atoms with Crippen molar-refractivity contribution >= 4 is 11.6 Å². The number of hydrogen-bond donors (Lipinski definition) is 2. The van der Waals surface area contributed by atoms with E-state index in [1.54, 1.807) is 13.8 Å². The van der Waals surface area contributed by atoms with E-state index >= 15 is 0 Å². The summed E-state index contributed by atoms with van der Waals surface area (Å²) in [6.45, 7) is 3.26. The largest absolute Gasteiger partial charge is 0.393 e. The minimum atomic E-state index is -0.845. The van der Waals surface area contributed by atoms with E-state index in [0.29, 0.717) is 6.42 Å². The average Bonchev–Trinajstić information content (AvgIpc) is 2.26. The van der Waals surface area contributed by atoms with Crippen LogP contribution in [0.25, 0.3) is 0 Å². The van der Waals surface area contributed by atoms with E-state index in [2.05, 4.69) is 5.32 Å². The second-order valence-electron chi connectivity index (χ2n) is 4.41. The molecular formula is C12H15FN2O4. The third kappa shape index (κ3) is 4.63. The number of aliphatic hydroxyl groups is 1. The van der Waals surface area contributed by atoms with Crippen molar-refractivity contribution in [2.75, 3.05) is 0 Å². The van der Waals surface area contributed by atoms with E-state index in [0.717, 1.165) is 18.2 Å². The summed E-state index contributed by atoms with van der Waals surface area (Å²) in [6.07, 6.45) is -0.250. The molecule has 1 aromatic rings. The topological polar surface area (TPSA) is 92.5 Å². The lowest BCUT2D eigenvalue weighted by atomic mass is 10.1. The van der Waals surface area contributed by atoms with Crippen LogP contribution in [0.3, 0.4) is 0 Å². The Morgan fingerprint density at radius 2 is 2.11 bits per heavy atom. The zero-order chi connectivity index (χ0) is 14.6. The van der Waals surface area contributed by atoms with E-state index in [-0.39, 0.29) is 11.6 Å². The summed E-state index contributed by atoms with van der Waals surface area (Å²) in [5.41, 5.74) is -0.600. The van der Waals surface area contributed by atoms with Gasteiger partial charge in [0.2, 0.25) is 0 Å². The van der Waals surface area contributed by atoms with Gasteiger partial charge in [-0.3, -0.25) is 14.9 Å². The Labute approximate surface area is 109 Å². The van der Waals surface area contributed by atoms with Crippen molar-refractivity contribution in [1.82, 2.24) is 5.32 Å². The van der Waals surface area contributed by atoms with Crippen LogP contribution in [0.2, 0.25) is 0 Å². The molecule has 0 radical (unpaired) electrons. The Bertz CT molecular complexity index is 491. The number of nitrogens with one attached hydrogen (secondary N) is 1. The highest BCUT2D eigenvalue weighted by molar-refractivity contribution is 5.95. The molecule has 2 N–H and O–H groups in total. The zero-order valence-electron chi connectivity index (χ0n) is 10.6. The van der Waals surface area contributed by atoms with Crippen LogP contribution in [0.5, 0.6) is 0 Å². The summed E-state index contributed by atoms with van der Waals surface area (Å²) in [5, 5.41) is 22.3. The number of carbonyl (C=O) groups excluding carboxylic acids is 1. The number of hydrogen-bond acceptors (Lipinski definition) is 4. The first-order valence-electron chi connectivity index (χ1n) is 5.73. The van der Waals surface area contributed by atoms with Gasteiger partial charge in [-0.15, -0.1) is 0 Å². The molecule has 1 amide bonds. The van der Waals surface area contributed by atoms with E-state index in [9.17, 15) is 19.3 Å². The fourth-order valence-corrected chi connectivity index (χ4v) is 1.69. The van der Waals surface area contributed by atoms with Crippen LogP contribution < -0.4 is 5.32 Å². The van der Waals surface area contributed by atoms with Crippen LogP contribution in [0, 0.1) is 15.9 Å². The summed E-state index contributed by atoms with van der Waals surface area (Å²) in [6, 6.07) is 2.36. The summed E-state index contributed by atoms with van der Waals surface area (Å²) >= 11 is 0. The Kier molecular flexibility index (Phi) is 4.94. The highest BCUT2D eigenvalue weighted by atomic mass is 19.1. The number of halogens is 1. The van der Waals surface area contributed by atoms with E-state index in [1.165, 1.54) is 0 Å². The number of nitro groups is 1. The van der Waals surface area contributed by atoms with Gasteiger partial charge in [-0.05, 0) is 26.3 Å². The van der Waals surface area contributed by atoms with Crippen molar-refractivity contribution in [3.05, 3.63) is 39.7 Å². The lowest BCUT2D eigenvalue weighted by Gasteiger charge is -2.15. The third-order valence-corrected chi connectivity index (χ3v) is 2.43. The smallest absolute Gasteiger partial charge is 0.273 e. The summed E-state index contributed by atoms with van der Waals surface area (Å²) < 4.78 is 13.2. The summed E-state index contributed by atoms with van der Waals surface area (Å²) in [4.78, 5) is 21.6. The van der Waals surface area contributed by atoms with Crippen molar-refractivity contribution in [3.8, 4) is 0 Å². The highest BCUT2D eigenvalue weighted by Crippen LogP contribution is 2.16. The van der Waals surface area contributed by atoms with Crippen LogP contribution >= 0.6 is 0 Å². The molecule has 0 fully saturated rings.